The minimum absolute atomic E-state index is 0.408. The van der Waals surface area contributed by atoms with Crippen LogP contribution in [0.1, 0.15) is 36.4 Å². The molecule has 0 spiro atoms. The highest BCUT2D eigenvalue weighted by molar-refractivity contribution is 5.40. The number of rotatable bonds is 2. The highest BCUT2D eigenvalue weighted by Crippen LogP contribution is 2.38. The Balaban J connectivity index is 1.70. The van der Waals surface area contributed by atoms with Gasteiger partial charge in [0.05, 0.1) is 0 Å². The van der Waals surface area contributed by atoms with E-state index in [1.807, 2.05) is 12.1 Å². The molecule has 104 valence electrons. The Hall–Kier alpha value is -1.06. The first-order chi connectivity index (χ1) is 9.15. The van der Waals surface area contributed by atoms with Gasteiger partial charge in [-0.1, -0.05) is 6.07 Å². The third kappa shape index (κ3) is 2.49. The maximum absolute atomic E-state index is 9.57. The molecule has 3 nitrogen and oxygen atoms in total. The minimum atomic E-state index is 0.408. The molecule has 19 heavy (non-hydrogen) atoms. The van der Waals surface area contributed by atoms with E-state index in [1.54, 1.807) is 0 Å². The van der Waals surface area contributed by atoms with Gasteiger partial charge in [0.1, 0.15) is 5.75 Å². The standard InChI is InChI=1S/C16H24N2O/c1-17(2)13-7-9-18(10-8-13)16-6-3-12-11-14(19)4-5-15(12)16/h4-5,11,13,16,19H,3,6-10H2,1-2H3. The number of hydrogen-bond donors (Lipinski definition) is 1. The fourth-order valence-corrected chi connectivity index (χ4v) is 3.67. The molecule has 1 aliphatic carbocycles. The second kappa shape index (κ2) is 5.14. The van der Waals surface area contributed by atoms with E-state index in [0.29, 0.717) is 11.8 Å². The molecule has 1 N–H and O–H groups in total. The van der Waals surface area contributed by atoms with Crippen molar-refractivity contribution in [1.82, 2.24) is 9.80 Å². The molecular formula is C16H24N2O. The van der Waals surface area contributed by atoms with Crippen LogP contribution in [0.2, 0.25) is 0 Å². The van der Waals surface area contributed by atoms with E-state index >= 15 is 0 Å². The number of fused-ring (bicyclic) bond motifs is 1. The summed E-state index contributed by atoms with van der Waals surface area (Å²) in [6, 6.07) is 7.24. The van der Waals surface area contributed by atoms with Crippen LogP contribution in [-0.4, -0.2) is 48.1 Å². The molecule has 0 saturated carbocycles. The maximum atomic E-state index is 9.57. The average Bonchev–Trinajstić information content (AvgIpc) is 2.81. The number of nitrogens with zero attached hydrogens (tertiary/aromatic N) is 2. The van der Waals surface area contributed by atoms with Gasteiger partial charge in [-0.2, -0.15) is 0 Å². The summed E-state index contributed by atoms with van der Waals surface area (Å²) in [6.07, 6.45) is 4.88. The van der Waals surface area contributed by atoms with E-state index in [4.69, 9.17) is 0 Å². The van der Waals surface area contributed by atoms with Gasteiger partial charge < -0.3 is 10.0 Å². The van der Waals surface area contributed by atoms with Gasteiger partial charge in [0.25, 0.3) is 0 Å². The number of phenols is 1. The van der Waals surface area contributed by atoms with Crippen molar-refractivity contribution in [2.75, 3.05) is 27.2 Å². The molecule has 0 aromatic heterocycles. The van der Waals surface area contributed by atoms with Gasteiger partial charge in [-0.05, 0) is 63.0 Å². The predicted octanol–water partition coefficient (Wildman–Crippen LogP) is 2.41. The zero-order chi connectivity index (χ0) is 13.4. The largest absolute Gasteiger partial charge is 0.508 e. The van der Waals surface area contributed by atoms with Gasteiger partial charge >= 0.3 is 0 Å². The average molecular weight is 260 g/mol. The van der Waals surface area contributed by atoms with Crippen molar-refractivity contribution < 1.29 is 5.11 Å². The number of piperidine rings is 1. The summed E-state index contributed by atoms with van der Waals surface area (Å²) in [5.41, 5.74) is 2.79. The quantitative estimate of drug-likeness (QED) is 0.884. The Morgan fingerprint density at radius 1 is 1.16 bits per heavy atom. The summed E-state index contributed by atoms with van der Waals surface area (Å²) < 4.78 is 0. The van der Waals surface area contributed by atoms with Gasteiger partial charge in [0.15, 0.2) is 0 Å². The third-order valence-electron chi connectivity index (χ3n) is 4.84. The van der Waals surface area contributed by atoms with Crippen LogP contribution in [0.25, 0.3) is 0 Å². The molecule has 1 unspecified atom stereocenters. The summed E-state index contributed by atoms with van der Waals surface area (Å²) in [7, 11) is 4.38. The molecule has 0 radical (unpaired) electrons. The molecular weight excluding hydrogens is 236 g/mol. The van der Waals surface area contributed by atoms with Crippen molar-refractivity contribution >= 4 is 0 Å². The topological polar surface area (TPSA) is 26.7 Å². The molecule has 1 aliphatic heterocycles. The number of aromatic hydroxyl groups is 1. The number of aryl methyl sites for hydroxylation is 1. The Morgan fingerprint density at radius 2 is 1.89 bits per heavy atom. The van der Waals surface area contributed by atoms with Crippen LogP contribution in [0, 0.1) is 0 Å². The van der Waals surface area contributed by atoms with Crippen LogP contribution in [0.3, 0.4) is 0 Å². The van der Waals surface area contributed by atoms with Gasteiger partial charge in [0, 0.05) is 25.2 Å². The molecule has 1 saturated heterocycles. The van der Waals surface area contributed by atoms with Gasteiger partial charge in [-0.3, -0.25) is 4.90 Å². The molecule has 3 heteroatoms. The van der Waals surface area contributed by atoms with Gasteiger partial charge in [0.2, 0.25) is 0 Å². The normalized spacial score (nSPS) is 24.9. The summed E-state index contributed by atoms with van der Waals surface area (Å²) >= 11 is 0. The molecule has 1 heterocycles. The molecule has 2 aliphatic rings. The minimum Gasteiger partial charge on any atom is -0.508 e. The molecule has 0 amide bonds. The SMILES string of the molecule is CN(C)C1CCN(C2CCc3cc(O)ccc32)CC1. The van der Waals surface area contributed by atoms with Crippen LogP contribution in [0.15, 0.2) is 18.2 Å². The fraction of sp³-hybridized carbons (Fsp3) is 0.625. The first kappa shape index (κ1) is 12.9. The van der Waals surface area contributed by atoms with Crippen molar-refractivity contribution in [3.63, 3.8) is 0 Å². The molecule has 0 bridgehead atoms. The van der Waals surface area contributed by atoms with Crippen molar-refractivity contribution in [1.29, 1.82) is 0 Å². The lowest BCUT2D eigenvalue weighted by molar-refractivity contribution is 0.108. The van der Waals surface area contributed by atoms with Crippen LogP contribution in [0.4, 0.5) is 0 Å². The zero-order valence-electron chi connectivity index (χ0n) is 12.0. The van der Waals surface area contributed by atoms with E-state index in [0.717, 1.165) is 12.5 Å². The maximum Gasteiger partial charge on any atom is 0.115 e. The lowest BCUT2D eigenvalue weighted by Gasteiger charge is -2.38. The Bertz CT molecular complexity index is 450. The highest BCUT2D eigenvalue weighted by Gasteiger charge is 2.31. The fourth-order valence-electron chi connectivity index (χ4n) is 3.67. The van der Waals surface area contributed by atoms with Crippen LogP contribution in [-0.2, 0) is 6.42 Å². The first-order valence-corrected chi connectivity index (χ1v) is 7.37. The van der Waals surface area contributed by atoms with Crippen LogP contribution >= 0.6 is 0 Å². The van der Waals surface area contributed by atoms with E-state index < -0.39 is 0 Å². The Morgan fingerprint density at radius 3 is 2.58 bits per heavy atom. The number of likely N-dealkylation sites (tertiary alicyclic amines) is 1. The number of hydrogen-bond acceptors (Lipinski definition) is 3. The Labute approximate surface area is 115 Å². The van der Waals surface area contributed by atoms with E-state index in [-0.39, 0.29) is 0 Å². The van der Waals surface area contributed by atoms with E-state index in [2.05, 4.69) is 30.0 Å². The highest BCUT2D eigenvalue weighted by atomic mass is 16.3. The second-order valence-electron chi connectivity index (χ2n) is 6.17. The number of phenolic OH excluding ortho intramolecular Hbond substituents is 1. The predicted molar refractivity (Wildman–Crippen MR) is 77.5 cm³/mol. The summed E-state index contributed by atoms with van der Waals surface area (Å²) in [5.74, 6) is 0.408. The van der Waals surface area contributed by atoms with Gasteiger partial charge in [-0.15, -0.1) is 0 Å². The van der Waals surface area contributed by atoms with E-state index in [1.165, 1.54) is 43.5 Å². The molecule has 1 aromatic rings. The summed E-state index contributed by atoms with van der Waals surface area (Å²) in [5, 5.41) is 9.57. The second-order valence-corrected chi connectivity index (χ2v) is 6.17. The monoisotopic (exact) mass is 260 g/mol. The first-order valence-electron chi connectivity index (χ1n) is 7.37. The smallest absolute Gasteiger partial charge is 0.115 e. The number of benzene rings is 1. The molecule has 1 fully saturated rings. The zero-order valence-corrected chi connectivity index (χ0v) is 12.0. The van der Waals surface area contributed by atoms with Crippen molar-refractivity contribution in [3.8, 4) is 5.75 Å². The molecule has 3 rings (SSSR count). The lowest BCUT2D eigenvalue weighted by Crippen LogP contribution is -2.43. The van der Waals surface area contributed by atoms with Gasteiger partial charge in [-0.25, -0.2) is 0 Å². The lowest BCUT2D eigenvalue weighted by atomic mass is 9.99. The summed E-state index contributed by atoms with van der Waals surface area (Å²) in [4.78, 5) is 5.00. The molecule has 1 atom stereocenters. The van der Waals surface area contributed by atoms with Crippen molar-refractivity contribution in [2.24, 2.45) is 0 Å². The van der Waals surface area contributed by atoms with E-state index in [9.17, 15) is 5.11 Å². The molecule has 1 aromatic carbocycles. The van der Waals surface area contributed by atoms with Crippen LogP contribution < -0.4 is 0 Å². The van der Waals surface area contributed by atoms with Crippen molar-refractivity contribution in [2.45, 2.75) is 37.8 Å². The van der Waals surface area contributed by atoms with Crippen LogP contribution in [0.5, 0.6) is 5.75 Å². The Kier molecular flexibility index (Phi) is 3.50. The van der Waals surface area contributed by atoms with Crippen molar-refractivity contribution in [3.05, 3.63) is 29.3 Å². The third-order valence-corrected chi connectivity index (χ3v) is 4.84. The summed E-state index contributed by atoms with van der Waals surface area (Å²) in [6.45, 7) is 2.40.